The molecule has 0 aliphatic carbocycles. The first-order valence-corrected chi connectivity index (χ1v) is 5.18. The van der Waals surface area contributed by atoms with Gasteiger partial charge in [0.05, 0.1) is 19.5 Å². The van der Waals surface area contributed by atoms with Gasteiger partial charge in [0.1, 0.15) is 0 Å². The van der Waals surface area contributed by atoms with E-state index in [2.05, 4.69) is 0 Å². The predicted molar refractivity (Wildman–Crippen MR) is 60.5 cm³/mol. The van der Waals surface area contributed by atoms with Gasteiger partial charge in [-0.2, -0.15) is 0 Å². The maximum atomic E-state index is 11.1. The van der Waals surface area contributed by atoms with Crippen LogP contribution in [-0.2, 0) is 19.0 Å². The molecule has 0 heterocycles. The van der Waals surface area contributed by atoms with Crippen LogP contribution < -0.4 is 0 Å². The highest BCUT2D eigenvalue weighted by Gasteiger charge is 2.12. The van der Waals surface area contributed by atoms with Crippen LogP contribution in [0.1, 0.15) is 20.8 Å². The lowest BCUT2D eigenvalue weighted by molar-refractivity contribution is -0.152. The third kappa shape index (κ3) is 6.90. The first kappa shape index (κ1) is 13.9. The monoisotopic (exact) mass is 232 g/mol. The zero-order chi connectivity index (χ0) is 11.7. The minimum absolute atomic E-state index is 0.327. The van der Waals surface area contributed by atoms with Crippen LogP contribution in [0.4, 0.5) is 0 Å². The van der Waals surface area contributed by atoms with E-state index >= 15 is 0 Å². The topological polar surface area (TPSA) is 44.8 Å². The van der Waals surface area contributed by atoms with Crippen LogP contribution in [0.15, 0.2) is 12.3 Å². The van der Waals surface area contributed by atoms with E-state index in [1.165, 1.54) is 12.3 Å². The van der Waals surface area contributed by atoms with Gasteiger partial charge >= 0.3 is 5.97 Å². The van der Waals surface area contributed by atoms with E-state index in [1.54, 1.807) is 13.8 Å². The number of hydrogen-bond acceptors (Lipinski definition) is 5. The molecule has 0 aliphatic heterocycles. The highest BCUT2D eigenvalue weighted by Crippen LogP contribution is 1.96. The number of thiocarbonyl (C=S) groups is 1. The lowest BCUT2D eigenvalue weighted by Crippen LogP contribution is -2.21. The Kier molecular flexibility index (Phi) is 7.62. The largest absolute Gasteiger partial charge is 0.486 e. The Balaban J connectivity index is 3.83. The van der Waals surface area contributed by atoms with E-state index in [-0.39, 0.29) is 0 Å². The first-order valence-electron chi connectivity index (χ1n) is 4.77. The molecule has 0 aromatic rings. The number of esters is 1. The fourth-order valence-corrected chi connectivity index (χ4v) is 0.892. The summed E-state index contributed by atoms with van der Waals surface area (Å²) >= 11 is 4.82. The van der Waals surface area contributed by atoms with Gasteiger partial charge in [-0.25, -0.2) is 4.79 Å². The molecule has 1 unspecified atom stereocenters. The zero-order valence-electron chi connectivity index (χ0n) is 9.19. The molecule has 0 radical (unpaired) electrons. The summed E-state index contributed by atoms with van der Waals surface area (Å²) in [6.07, 6.45) is 2.18. The van der Waals surface area contributed by atoms with Gasteiger partial charge < -0.3 is 14.2 Å². The predicted octanol–water partition coefficient (Wildman–Crippen LogP) is 1.83. The van der Waals surface area contributed by atoms with Gasteiger partial charge in [0.25, 0.3) is 0 Å². The molecule has 0 saturated carbocycles. The summed E-state index contributed by atoms with van der Waals surface area (Å²) in [5, 5.41) is 0.327. The molecular formula is C10H16O4S. The van der Waals surface area contributed by atoms with Crippen molar-refractivity contribution in [2.45, 2.75) is 26.9 Å². The molecule has 0 fully saturated rings. The summed E-state index contributed by atoms with van der Waals surface area (Å²) in [6, 6.07) is 0. The number of ether oxygens (including phenoxy) is 3. The van der Waals surface area contributed by atoms with Crippen molar-refractivity contribution in [3.05, 3.63) is 12.3 Å². The van der Waals surface area contributed by atoms with Crippen LogP contribution >= 0.6 is 12.2 Å². The van der Waals surface area contributed by atoms with Crippen molar-refractivity contribution in [1.29, 1.82) is 0 Å². The third-order valence-corrected chi connectivity index (χ3v) is 1.65. The molecule has 4 nitrogen and oxygen atoms in total. The molecular weight excluding hydrogens is 216 g/mol. The average Bonchev–Trinajstić information content (AvgIpc) is 2.18. The number of carbonyl (C=O) groups is 1. The van der Waals surface area contributed by atoms with Crippen molar-refractivity contribution in [1.82, 2.24) is 0 Å². The second kappa shape index (κ2) is 8.23. The molecule has 0 saturated heterocycles. The summed E-state index contributed by atoms with van der Waals surface area (Å²) in [5.74, 6) is -0.399. The summed E-state index contributed by atoms with van der Waals surface area (Å²) in [5.41, 5.74) is 0. The van der Waals surface area contributed by atoms with Gasteiger partial charge in [-0.05, 0) is 33.0 Å². The second-order valence-corrected chi connectivity index (χ2v) is 2.99. The second-order valence-electron chi connectivity index (χ2n) is 2.59. The molecule has 86 valence electrons. The molecule has 0 aromatic heterocycles. The van der Waals surface area contributed by atoms with Crippen molar-refractivity contribution in [3.63, 3.8) is 0 Å². The molecule has 0 aromatic carbocycles. The Morgan fingerprint density at radius 2 is 1.93 bits per heavy atom. The Morgan fingerprint density at radius 3 is 2.47 bits per heavy atom. The quantitative estimate of drug-likeness (QED) is 0.302. The van der Waals surface area contributed by atoms with Crippen LogP contribution in [0, 0.1) is 0 Å². The van der Waals surface area contributed by atoms with Gasteiger partial charge in [0.15, 0.2) is 11.2 Å². The van der Waals surface area contributed by atoms with Crippen molar-refractivity contribution >= 4 is 23.2 Å². The van der Waals surface area contributed by atoms with E-state index in [9.17, 15) is 4.79 Å². The molecule has 15 heavy (non-hydrogen) atoms. The van der Waals surface area contributed by atoms with Gasteiger partial charge in [-0.15, -0.1) is 0 Å². The fraction of sp³-hybridized carbons (Fsp3) is 0.600. The molecule has 1 atom stereocenters. The van der Waals surface area contributed by atoms with E-state index in [4.69, 9.17) is 26.4 Å². The highest BCUT2D eigenvalue weighted by atomic mass is 32.1. The van der Waals surface area contributed by atoms with Gasteiger partial charge in [0, 0.05) is 6.08 Å². The molecule has 0 N–H and O–H groups in total. The van der Waals surface area contributed by atoms with Crippen molar-refractivity contribution in [3.8, 4) is 0 Å². The molecule has 0 spiro atoms. The maximum Gasteiger partial charge on any atom is 0.346 e. The summed E-state index contributed by atoms with van der Waals surface area (Å²) < 4.78 is 14.8. The van der Waals surface area contributed by atoms with Gasteiger partial charge in [-0.3, -0.25) is 0 Å². The SMILES string of the molecule is CCOC(=O)C(C)OC=CC(=S)OCC. The number of rotatable bonds is 6. The Labute approximate surface area is 95.2 Å². The Morgan fingerprint density at radius 1 is 1.33 bits per heavy atom. The van der Waals surface area contributed by atoms with Crippen molar-refractivity contribution < 1.29 is 19.0 Å². The molecule has 5 heteroatoms. The minimum atomic E-state index is -0.634. The molecule has 0 aliphatic rings. The van der Waals surface area contributed by atoms with E-state index in [0.717, 1.165) is 0 Å². The normalized spacial score (nSPS) is 12.2. The zero-order valence-corrected chi connectivity index (χ0v) is 10.0. The van der Waals surface area contributed by atoms with Crippen LogP contribution in [0.5, 0.6) is 0 Å². The van der Waals surface area contributed by atoms with Gasteiger partial charge in [-0.1, -0.05) is 0 Å². The maximum absolute atomic E-state index is 11.1. The third-order valence-electron chi connectivity index (χ3n) is 1.39. The lowest BCUT2D eigenvalue weighted by Gasteiger charge is -2.09. The average molecular weight is 232 g/mol. The van der Waals surface area contributed by atoms with E-state index in [1.807, 2.05) is 6.92 Å². The minimum Gasteiger partial charge on any atom is -0.486 e. The van der Waals surface area contributed by atoms with Crippen molar-refractivity contribution in [2.24, 2.45) is 0 Å². The first-order chi connectivity index (χ1) is 7.11. The fourth-order valence-electron chi connectivity index (χ4n) is 0.718. The standard InChI is InChI=1S/C10H16O4S/c1-4-12-9(15)6-7-14-8(3)10(11)13-5-2/h6-8H,4-5H2,1-3H3. The highest BCUT2D eigenvalue weighted by molar-refractivity contribution is 7.80. The Hall–Kier alpha value is -1.10. The summed E-state index contributed by atoms with van der Waals surface area (Å²) in [7, 11) is 0. The van der Waals surface area contributed by atoms with E-state index in [0.29, 0.717) is 18.3 Å². The lowest BCUT2D eigenvalue weighted by atomic mass is 10.4. The van der Waals surface area contributed by atoms with Crippen LogP contribution in [0.25, 0.3) is 0 Å². The summed E-state index contributed by atoms with van der Waals surface area (Å²) in [4.78, 5) is 11.1. The molecule has 0 rings (SSSR count). The van der Waals surface area contributed by atoms with Crippen LogP contribution in [-0.4, -0.2) is 30.3 Å². The summed E-state index contributed by atoms with van der Waals surface area (Å²) in [6.45, 7) is 6.03. The number of carbonyl (C=O) groups excluding carboxylic acids is 1. The van der Waals surface area contributed by atoms with Crippen molar-refractivity contribution in [2.75, 3.05) is 13.2 Å². The van der Waals surface area contributed by atoms with Crippen LogP contribution in [0.3, 0.4) is 0 Å². The van der Waals surface area contributed by atoms with Gasteiger partial charge in [0.2, 0.25) is 0 Å². The smallest absolute Gasteiger partial charge is 0.346 e. The Bertz CT molecular complexity index is 238. The van der Waals surface area contributed by atoms with E-state index < -0.39 is 12.1 Å². The molecule has 0 amide bonds. The number of hydrogen-bond donors (Lipinski definition) is 0. The molecule has 0 bridgehead atoms. The van der Waals surface area contributed by atoms with Crippen LogP contribution in [0.2, 0.25) is 0 Å².